The van der Waals surface area contributed by atoms with E-state index in [9.17, 15) is 4.79 Å². The van der Waals surface area contributed by atoms with Gasteiger partial charge in [-0.05, 0) is 25.0 Å². The van der Waals surface area contributed by atoms with Crippen molar-refractivity contribution in [3.63, 3.8) is 0 Å². The number of carboxylic acids is 1. The molecular formula is C11H13ClN2O3. The van der Waals surface area contributed by atoms with Gasteiger partial charge in [0.2, 0.25) is 0 Å². The van der Waals surface area contributed by atoms with Crippen LogP contribution < -0.4 is 5.32 Å². The molecule has 0 radical (unpaired) electrons. The van der Waals surface area contributed by atoms with Crippen LogP contribution in [0.1, 0.15) is 23.2 Å². The highest BCUT2D eigenvalue weighted by molar-refractivity contribution is 6.29. The third kappa shape index (κ3) is 2.87. The van der Waals surface area contributed by atoms with E-state index in [2.05, 4.69) is 10.3 Å². The number of aromatic nitrogens is 1. The molecule has 3 N–H and O–H groups in total. The van der Waals surface area contributed by atoms with Gasteiger partial charge in [-0.15, -0.1) is 0 Å². The fraction of sp³-hybridized carbons (Fsp3) is 0.455. The van der Waals surface area contributed by atoms with Gasteiger partial charge in [-0.25, -0.2) is 9.78 Å². The summed E-state index contributed by atoms with van der Waals surface area (Å²) in [5.74, 6) is -0.615. The molecule has 92 valence electrons. The van der Waals surface area contributed by atoms with Crippen molar-refractivity contribution in [1.29, 1.82) is 0 Å². The number of pyridine rings is 1. The quantitative estimate of drug-likeness (QED) is 0.698. The molecule has 2 rings (SSSR count). The predicted octanol–water partition coefficient (Wildman–Crippen LogP) is 1.62. The number of hydrogen-bond donors (Lipinski definition) is 3. The summed E-state index contributed by atoms with van der Waals surface area (Å²) in [6.45, 7) is 0.711. The van der Waals surface area contributed by atoms with E-state index in [0.717, 1.165) is 12.8 Å². The number of rotatable bonds is 5. The summed E-state index contributed by atoms with van der Waals surface area (Å²) in [6, 6.07) is 2.73. The van der Waals surface area contributed by atoms with Gasteiger partial charge in [-0.1, -0.05) is 11.6 Å². The number of nitrogens with one attached hydrogen (secondary N) is 1. The number of carboxylic acid groups (broad SMARTS) is 1. The van der Waals surface area contributed by atoms with Crippen LogP contribution in [0.25, 0.3) is 0 Å². The number of hydrogen-bond acceptors (Lipinski definition) is 4. The zero-order chi connectivity index (χ0) is 12.5. The minimum Gasteiger partial charge on any atom is -0.478 e. The summed E-state index contributed by atoms with van der Waals surface area (Å²) in [6.07, 6.45) is 1.95. The summed E-state index contributed by atoms with van der Waals surface area (Å²) in [5.41, 5.74) is 0.0363. The predicted molar refractivity (Wildman–Crippen MR) is 63.4 cm³/mol. The van der Waals surface area contributed by atoms with Crippen LogP contribution in [0.2, 0.25) is 5.15 Å². The van der Waals surface area contributed by atoms with Gasteiger partial charge in [0.05, 0.1) is 12.2 Å². The molecule has 1 aliphatic carbocycles. The Labute approximate surface area is 103 Å². The van der Waals surface area contributed by atoms with Crippen LogP contribution in [0.5, 0.6) is 0 Å². The Morgan fingerprint density at radius 1 is 1.53 bits per heavy atom. The largest absolute Gasteiger partial charge is 0.478 e. The van der Waals surface area contributed by atoms with Crippen LogP contribution in [0.4, 0.5) is 5.82 Å². The molecule has 0 saturated heterocycles. The van der Waals surface area contributed by atoms with Gasteiger partial charge in [0.25, 0.3) is 0 Å². The third-order valence-corrected chi connectivity index (χ3v) is 3.17. The zero-order valence-corrected chi connectivity index (χ0v) is 9.87. The van der Waals surface area contributed by atoms with Crippen molar-refractivity contribution in [1.82, 2.24) is 4.98 Å². The molecule has 0 amide bonds. The van der Waals surface area contributed by atoms with E-state index in [1.165, 1.54) is 12.1 Å². The molecule has 0 unspecified atom stereocenters. The van der Waals surface area contributed by atoms with Crippen LogP contribution >= 0.6 is 11.6 Å². The van der Waals surface area contributed by atoms with Crippen LogP contribution in [-0.2, 0) is 0 Å². The van der Waals surface area contributed by atoms with Crippen molar-refractivity contribution in [3.05, 3.63) is 22.8 Å². The molecule has 1 aliphatic rings. The standard InChI is InChI=1S/C11H13ClN2O3/c12-8-3-7(10(16)17)4-9(14-8)13-5-11(6-15)1-2-11/h3-4,15H,1-2,5-6H2,(H,13,14)(H,16,17). The zero-order valence-electron chi connectivity index (χ0n) is 9.11. The summed E-state index contributed by atoms with van der Waals surface area (Å²) < 4.78 is 0. The van der Waals surface area contributed by atoms with Crippen LogP contribution in [0.3, 0.4) is 0 Å². The van der Waals surface area contributed by atoms with Crippen LogP contribution in [0, 0.1) is 5.41 Å². The Hall–Kier alpha value is -1.33. The molecule has 1 saturated carbocycles. The molecule has 17 heavy (non-hydrogen) atoms. The van der Waals surface area contributed by atoms with Crippen molar-refractivity contribution < 1.29 is 15.0 Å². The first-order valence-corrected chi connectivity index (χ1v) is 5.68. The van der Waals surface area contributed by atoms with E-state index in [1.54, 1.807) is 0 Å². The first-order chi connectivity index (χ1) is 8.04. The van der Waals surface area contributed by atoms with E-state index in [-0.39, 0.29) is 22.7 Å². The SMILES string of the molecule is O=C(O)c1cc(Cl)nc(NCC2(CO)CC2)c1. The molecule has 0 spiro atoms. The Morgan fingerprint density at radius 2 is 2.24 bits per heavy atom. The summed E-state index contributed by atoms with van der Waals surface area (Å²) in [5, 5.41) is 21.2. The van der Waals surface area contributed by atoms with Gasteiger partial charge >= 0.3 is 5.97 Å². The lowest BCUT2D eigenvalue weighted by atomic mass is 10.1. The lowest BCUT2D eigenvalue weighted by Crippen LogP contribution is -2.19. The van der Waals surface area contributed by atoms with E-state index < -0.39 is 5.97 Å². The average Bonchev–Trinajstić information content (AvgIpc) is 3.06. The molecule has 5 nitrogen and oxygen atoms in total. The molecule has 0 bridgehead atoms. The maximum absolute atomic E-state index is 10.8. The van der Waals surface area contributed by atoms with Gasteiger partial charge in [0.15, 0.2) is 0 Å². The molecule has 0 aromatic carbocycles. The Kier molecular flexibility index (Phi) is 3.22. The number of anilines is 1. The average molecular weight is 257 g/mol. The summed E-state index contributed by atoms with van der Waals surface area (Å²) in [7, 11) is 0. The first kappa shape index (κ1) is 12.1. The Balaban J connectivity index is 2.07. The van der Waals surface area contributed by atoms with Crippen molar-refractivity contribution >= 4 is 23.4 Å². The second-order valence-corrected chi connectivity index (χ2v) is 4.77. The molecule has 1 aromatic rings. The fourth-order valence-corrected chi connectivity index (χ4v) is 1.77. The minimum absolute atomic E-state index is 0.0621. The number of halogens is 1. The third-order valence-electron chi connectivity index (χ3n) is 2.98. The van der Waals surface area contributed by atoms with E-state index >= 15 is 0 Å². The molecular weight excluding hydrogens is 244 g/mol. The van der Waals surface area contributed by atoms with Crippen molar-refractivity contribution in [2.45, 2.75) is 12.8 Å². The lowest BCUT2D eigenvalue weighted by Gasteiger charge is -2.13. The monoisotopic (exact) mass is 256 g/mol. The second kappa shape index (κ2) is 4.50. The molecule has 0 aliphatic heterocycles. The fourth-order valence-electron chi connectivity index (χ4n) is 1.56. The van der Waals surface area contributed by atoms with Crippen LogP contribution in [0.15, 0.2) is 12.1 Å². The number of carbonyl (C=O) groups is 1. The summed E-state index contributed by atoms with van der Waals surface area (Å²) >= 11 is 5.73. The van der Waals surface area contributed by atoms with Gasteiger partial charge in [-0.3, -0.25) is 0 Å². The van der Waals surface area contributed by atoms with Gasteiger partial charge in [-0.2, -0.15) is 0 Å². The first-order valence-electron chi connectivity index (χ1n) is 5.30. The Morgan fingerprint density at radius 3 is 2.76 bits per heavy atom. The van der Waals surface area contributed by atoms with E-state index in [1.807, 2.05) is 0 Å². The number of aliphatic hydroxyl groups is 1. The van der Waals surface area contributed by atoms with E-state index in [0.29, 0.717) is 12.4 Å². The normalized spacial score (nSPS) is 16.6. The van der Waals surface area contributed by atoms with Crippen LogP contribution in [-0.4, -0.2) is 34.3 Å². The number of nitrogens with zero attached hydrogens (tertiary/aromatic N) is 1. The van der Waals surface area contributed by atoms with Gasteiger partial charge in [0, 0.05) is 12.0 Å². The smallest absolute Gasteiger partial charge is 0.335 e. The minimum atomic E-state index is -1.04. The molecule has 1 heterocycles. The number of aliphatic hydroxyl groups excluding tert-OH is 1. The topological polar surface area (TPSA) is 82.5 Å². The molecule has 0 atom stereocenters. The highest BCUT2D eigenvalue weighted by Gasteiger charge is 2.41. The maximum atomic E-state index is 10.8. The highest BCUT2D eigenvalue weighted by Crippen LogP contribution is 2.44. The van der Waals surface area contributed by atoms with Crippen molar-refractivity contribution in [3.8, 4) is 0 Å². The maximum Gasteiger partial charge on any atom is 0.335 e. The molecule has 1 aromatic heterocycles. The highest BCUT2D eigenvalue weighted by atomic mass is 35.5. The molecule has 6 heteroatoms. The van der Waals surface area contributed by atoms with E-state index in [4.69, 9.17) is 21.8 Å². The van der Waals surface area contributed by atoms with Crippen molar-refractivity contribution in [2.24, 2.45) is 5.41 Å². The lowest BCUT2D eigenvalue weighted by molar-refractivity contribution is 0.0697. The Bertz CT molecular complexity index is 446. The van der Waals surface area contributed by atoms with Gasteiger partial charge in [0.1, 0.15) is 11.0 Å². The second-order valence-electron chi connectivity index (χ2n) is 4.38. The number of aromatic carboxylic acids is 1. The van der Waals surface area contributed by atoms with Crippen molar-refractivity contribution in [2.75, 3.05) is 18.5 Å². The molecule has 1 fully saturated rings. The van der Waals surface area contributed by atoms with Gasteiger partial charge < -0.3 is 15.5 Å². The summed E-state index contributed by atoms with van der Waals surface area (Å²) in [4.78, 5) is 14.8.